The topological polar surface area (TPSA) is 83.6 Å². The first-order valence-corrected chi connectivity index (χ1v) is 9.96. The van der Waals surface area contributed by atoms with Crippen molar-refractivity contribution in [3.63, 3.8) is 0 Å². The third-order valence-electron chi connectivity index (χ3n) is 3.59. The molecular weight excluding hydrogens is 328 g/mol. The van der Waals surface area contributed by atoms with E-state index in [1.54, 1.807) is 18.2 Å². The van der Waals surface area contributed by atoms with Crippen LogP contribution in [0.4, 0.5) is 5.69 Å². The number of nitrogens with zero attached hydrogens (tertiary/aromatic N) is 1. The van der Waals surface area contributed by atoms with Crippen LogP contribution in [0, 0.1) is 0 Å². The molecule has 0 saturated heterocycles. The van der Waals surface area contributed by atoms with E-state index < -0.39 is 10.0 Å². The molecule has 0 atom stereocenters. The fourth-order valence-electron chi connectivity index (χ4n) is 2.26. The second kappa shape index (κ2) is 9.42. The number of carbonyl (C=O) groups is 2. The highest BCUT2D eigenvalue weighted by Crippen LogP contribution is 2.19. The van der Waals surface area contributed by atoms with Crippen LogP contribution in [0.15, 0.2) is 24.3 Å². The first-order valence-electron chi connectivity index (χ1n) is 8.11. The lowest BCUT2D eigenvalue weighted by atomic mass is 10.1. The maximum Gasteiger partial charge on any atom is 0.232 e. The predicted molar refractivity (Wildman–Crippen MR) is 95.8 cm³/mol. The van der Waals surface area contributed by atoms with Crippen LogP contribution in [0.5, 0.6) is 0 Å². The van der Waals surface area contributed by atoms with E-state index in [0.29, 0.717) is 17.8 Å². The summed E-state index contributed by atoms with van der Waals surface area (Å²) in [7, 11) is -3.54. The van der Waals surface area contributed by atoms with Crippen molar-refractivity contribution >= 4 is 27.4 Å². The summed E-state index contributed by atoms with van der Waals surface area (Å²) in [6.45, 7) is 4.15. The van der Waals surface area contributed by atoms with E-state index in [9.17, 15) is 18.0 Å². The van der Waals surface area contributed by atoms with Gasteiger partial charge in [-0.25, -0.2) is 8.42 Å². The number of rotatable bonds is 10. The Morgan fingerprint density at radius 3 is 2.50 bits per heavy atom. The van der Waals surface area contributed by atoms with Gasteiger partial charge in [0, 0.05) is 25.1 Å². The van der Waals surface area contributed by atoms with E-state index in [4.69, 9.17) is 0 Å². The normalized spacial score (nSPS) is 11.1. The number of amides is 1. The molecule has 0 radical (unpaired) electrons. The summed E-state index contributed by atoms with van der Waals surface area (Å²) in [5, 5.41) is 2.79. The maximum atomic E-state index is 12.0. The summed E-state index contributed by atoms with van der Waals surface area (Å²) >= 11 is 0. The molecule has 1 N–H and O–H groups in total. The van der Waals surface area contributed by atoms with E-state index in [0.717, 1.165) is 29.8 Å². The van der Waals surface area contributed by atoms with E-state index >= 15 is 0 Å². The molecule has 7 heteroatoms. The zero-order valence-corrected chi connectivity index (χ0v) is 15.4. The molecule has 1 amide bonds. The lowest BCUT2D eigenvalue weighted by molar-refractivity contribution is -0.120. The Morgan fingerprint density at radius 2 is 1.92 bits per heavy atom. The van der Waals surface area contributed by atoms with Crippen molar-refractivity contribution in [3.8, 4) is 0 Å². The van der Waals surface area contributed by atoms with Gasteiger partial charge in [0.2, 0.25) is 15.9 Å². The van der Waals surface area contributed by atoms with Crippen molar-refractivity contribution < 1.29 is 18.0 Å². The third kappa shape index (κ3) is 6.70. The summed E-state index contributed by atoms with van der Waals surface area (Å²) in [5.74, 6) is -0.318. The van der Waals surface area contributed by atoms with E-state index in [2.05, 4.69) is 12.2 Å². The van der Waals surface area contributed by atoms with Crippen molar-refractivity contribution in [2.45, 2.75) is 39.5 Å². The Labute approximate surface area is 144 Å². The van der Waals surface area contributed by atoms with Gasteiger partial charge in [0.1, 0.15) is 0 Å². The molecule has 0 saturated carbocycles. The highest BCUT2D eigenvalue weighted by atomic mass is 32.2. The molecule has 0 heterocycles. The Hall–Kier alpha value is -1.89. The van der Waals surface area contributed by atoms with Crippen LogP contribution in [-0.4, -0.2) is 39.5 Å². The van der Waals surface area contributed by atoms with Gasteiger partial charge in [-0.15, -0.1) is 0 Å². The van der Waals surface area contributed by atoms with Crippen LogP contribution in [0.25, 0.3) is 0 Å². The van der Waals surface area contributed by atoms with Crippen LogP contribution >= 0.6 is 0 Å². The minimum absolute atomic E-state index is 0.0415. The van der Waals surface area contributed by atoms with E-state index in [1.807, 2.05) is 0 Å². The van der Waals surface area contributed by atoms with Crippen molar-refractivity contribution in [2.75, 3.05) is 23.7 Å². The van der Waals surface area contributed by atoms with Crippen LogP contribution in [0.3, 0.4) is 0 Å². The molecular formula is C17H26N2O4S. The smallest absolute Gasteiger partial charge is 0.232 e. The number of hydrogen-bond donors (Lipinski definition) is 1. The van der Waals surface area contributed by atoms with Gasteiger partial charge >= 0.3 is 0 Å². The summed E-state index contributed by atoms with van der Waals surface area (Å²) in [4.78, 5) is 23.3. The molecule has 0 aliphatic carbocycles. The monoisotopic (exact) mass is 354 g/mol. The number of Topliss-reactive ketones (excluding diaryl/α,β-unsaturated/α-hetero) is 1. The minimum atomic E-state index is -3.54. The first-order chi connectivity index (χ1) is 11.3. The number of benzene rings is 1. The second-order valence-electron chi connectivity index (χ2n) is 5.75. The van der Waals surface area contributed by atoms with Gasteiger partial charge in [0.15, 0.2) is 5.78 Å². The lowest BCUT2D eigenvalue weighted by Gasteiger charge is -2.22. The molecule has 24 heavy (non-hydrogen) atoms. The number of sulfonamides is 1. The molecule has 1 aromatic carbocycles. The molecule has 0 fully saturated rings. The van der Waals surface area contributed by atoms with Crippen LogP contribution in [-0.2, 0) is 14.8 Å². The standard InChI is InChI=1S/C17H26N2O4S/c1-4-5-6-11-18-17(21)10-12-19(24(3,22)23)16-9-7-8-15(13-16)14(2)20/h7-9,13H,4-6,10-12H2,1-3H3,(H,18,21). The number of nitrogens with one attached hydrogen (secondary N) is 1. The Bertz CT molecular complexity index is 671. The molecule has 0 aliphatic heterocycles. The van der Waals surface area contributed by atoms with Crippen molar-refractivity contribution in [2.24, 2.45) is 0 Å². The summed E-state index contributed by atoms with van der Waals surface area (Å²) in [6.07, 6.45) is 4.20. The third-order valence-corrected chi connectivity index (χ3v) is 4.78. The molecule has 0 bridgehead atoms. The van der Waals surface area contributed by atoms with Crippen molar-refractivity contribution in [1.29, 1.82) is 0 Å². The van der Waals surface area contributed by atoms with E-state index in [1.165, 1.54) is 13.0 Å². The number of ketones is 1. The van der Waals surface area contributed by atoms with Gasteiger partial charge in [-0.05, 0) is 25.5 Å². The predicted octanol–water partition coefficient (Wildman–Crippen LogP) is 2.35. The largest absolute Gasteiger partial charge is 0.356 e. The number of unbranched alkanes of at least 4 members (excludes halogenated alkanes) is 2. The van der Waals surface area contributed by atoms with Gasteiger partial charge in [0.05, 0.1) is 11.9 Å². The van der Waals surface area contributed by atoms with Gasteiger partial charge in [-0.3, -0.25) is 13.9 Å². The highest BCUT2D eigenvalue weighted by molar-refractivity contribution is 7.92. The zero-order chi connectivity index (χ0) is 18.2. The van der Waals surface area contributed by atoms with Crippen molar-refractivity contribution in [3.05, 3.63) is 29.8 Å². The molecule has 0 spiro atoms. The average molecular weight is 354 g/mol. The van der Waals surface area contributed by atoms with Crippen LogP contribution in [0.1, 0.15) is 49.9 Å². The average Bonchev–Trinajstić information content (AvgIpc) is 2.50. The van der Waals surface area contributed by atoms with Gasteiger partial charge in [0.25, 0.3) is 0 Å². The fraction of sp³-hybridized carbons (Fsp3) is 0.529. The maximum absolute atomic E-state index is 12.0. The zero-order valence-electron chi connectivity index (χ0n) is 14.5. The number of hydrogen-bond acceptors (Lipinski definition) is 4. The molecule has 134 valence electrons. The SMILES string of the molecule is CCCCCNC(=O)CCN(c1cccc(C(C)=O)c1)S(C)(=O)=O. The summed E-state index contributed by atoms with van der Waals surface area (Å²) in [5.41, 5.74) is 0.828. The fourth-order valence-corrected chi connectivity index (χ4v) is 3.18. The minimum Gasteiger partial charge on any atom is -0.356 e. The Kier molecular flexibility index (Phi) is 7.91. The molecule has 0 aliphatic rings. The Balaban J connectivity index is 2.76. The first kappa shape index (κ1) is 20.2. The highest BCUT2D eigenvalue weighted by Gasteiger charge is 2.19. The van der Waals surface area contributed by atoms with Gasteiger partial charge < -0.3 is 5.32 Å². The van der Waals surface area contributed by atoms with Crippen molar-refractivity contribution in [1.82, 2.24) is 5.32 Å². The Morgan fingerprint density at radius 1 is 1.21 bits per heavy atom. The molecule has 1 aromatic rings. The van der Waals surface area contributed by atoms with Gasteiger partial charge in [-0.2, -0.15) is 0 Å². The molecule has 1 rings (SSSR count). The number of anilines is 1. The van der Waals surface area contributed by atoms with Gasteiger partial charge in [-0.1, -0.05) is 31.9 Å². The summed E-state index contributed by atoms with van der Waals surface area (Å²) < 4.78 is 25.2. The van der Waals surface area contributed by atoms with Crippen LogP contribution < -0.4 is 9.62 Å². The quantitative estimate of drug-likeness (QED) is 0.516. The lowest BCUT2D eigenvalue weighted by Crippen LogP contribution is -2.35. The second-order valence-corrected chi connectivity index (χ2v) is 7.66. The summed E-state index contributed by atoms with van der Waals surface area (Å²) in [6, 6.07) is 6.41. The molecule has 0 aromatic heterocycles. The molecule has 6 nitrogen and oxygen atoms in total. The van der Waals surface area contributed by atoms with Crippen LogP contribution in [0.2, 0.25) is 0 Å². The number of carbonyl (C=O) groups excluding carboxylic acids is 2. The molecule has 0 unspecified atom stereocenters. The van der Waals surface area contributed by atoms with E-state index in [-0.39, 0.29) is 24.7 Å².